The molecule has 1 nitrogen and oxygen atoms in total. The highest BCUT2D eigenvalue weighted by molar-refractivity contribution is 9.10. The molecule has 0 radical (unpaired) electrons. The van der Waals surface area contributed by atoms with Gasteiger partial charge in [0.25, 0.3) is 0 Å². The van der Waals surface area contributed by atoms with E-state index in [4.69, 9.17) is 5.73 Å². The Hall–Kier alpha value is 0.140. The van der Waals surface area contributed by atoms with Gasteiger partial charge in [-0.15, -0.1) is 11.3 Å². The molecule has 14 heavy (non-hydrogen) atoms. The molecular formula is C11H16BrNS. The molecule has 1 heterocycles. The topological polar surface area (TPSA) is 26.0 Å². The van der Waals surface area contributed by atoms with E-state index < -0.39 is 0 Å². The van der Waals surface area contributed by atoms with Crippen molar-refractivity contribution in [2.45, 2.75) is 45.1 Å². The van der Waals surface area contributed by atoms with Crippen LogP contribution in [0.2, 0.25) is 0 Å². The van der Waals surface area contributed by atoms with Gasteiger partial charge in [0.15, 0.2) is 0 Å². The molecule has 1 aromatic heterocycles. The maximum atomic E-state index is 6.09. The largest absolute Gasteiger partial charge is 0.325 e. The van der Waals surface area contributed by atoms with Crippen molar-refractivity contribution in [2.75, 3.05) is 0 Å². The molecule has 1 aromatic rings. The lowest BCUT2D eigenvalue weighted by Crippen LogP contribution is -2.22. The SMILES string of the molecule is Cc1sc(C)c(CCC2(N)CC2)c1Br. The molecule has 0 amide bonds. The number of thiophene rings is 1. The maximum Gasteiger partial charge on any atom is 0.0346 e. The van der Waals surface area contributed by atoms with Crippen LogP contribution in [0.4, 0.5) is 0 Å². The summed E-state index contributed by atoms with van der Waals surface area (Å²) < 4.78 is 1.31. The Morgan fingerprint density at radius 3 is 2.43 bits per heavy atom. The average molecular weight is 274 g/mol. The standard InChI is InChI=1S/C11H16BrNS/c1-7-9(10(12)8(2)14-7)3-4-11(13)5-6-11/h3-6,13H2,1-2H3. The second-order valence-electron chi connectivity index (χ2n) is 4.37. The fourth-order valence-electron chi connectivity index (χ4n) is 1.77. The third kappa shape index (κ3) is 2.05. The van der Waals surface area contributed by atoms with E-state index in [2.05, 4.69) is 29.8 Å². The van der Waals surface area contributed by atoms with Gasteiger partial charge in [-0.05, 0) is 61.0 Å². The molecule has 1 fully saturated rings. The quantitative estimate of drug-likeness (QED) is 0.896. The molecule has 1 saturated carbocycles. The van der Waals surface area contributed by atoms with Crippen LogP contribution in [0.1, 0.15) is 34.6 Å². The van der Waals surface area contributed by atoms with E-state index in [9.17, 15) is 0 Å². The van der Waals surface area contributed by atoms with Gasteiger partial charge in [-0.25, -0.2) is 0 Å². The average Bonchev–Trinajstić information content (AvgIpc) is 2.78. The number of nitrogens with two attached hydrogens (primary N) is 1. The Morgan fingerprint density at radius 2 is 2.00 bits per heavy atom. The van der Waals surface area contributed by atoms with Gasteiger partial charge in [0.05, 0.1) is 0 Å². The van der Waals surface area contributed by atoms with Crippen LogP contribution in [0.15, 0.2) is 4.47 Å². The minimum Gasteiger partial charge on any atom is -0.325 e. The fourth-order valence-corrected chi connectivity index (χ4v) is 3.64. The van der Waals surface area contributed by atoms with E-state index in [0.29, 0.717) is 0 Å². The van der Waals surface area contributed by atoms with E-state index in [0.717, 1.165) is 12.8 Å². The Morgan fingerprint density at radius 1 is 1.36 bits per heavy atom. The number of hydrogen-bond acceptors (Lipinski definition) is 2. The molecule has 2 rings (SSSR count). The van der Waals surface area contributed by atoms with Crippen LogP contribution in [-0.4, -0.2) is 5.54 Å². The van der Waals surface area contributed by atoms with Crippen LogP contribution in [0.25, 0.3) is 0 Å². The summed E-state index contributed by atoms with van der Waals surface area (Å²) in [6.07, 6.45) is 4.70. The zero-order valence-corrected chi connectivity index (χ0v) is 11.1. The maximum absolute atomic E-state index is 6.09. The van der Waals surface area contributed by atoms with Gasteiger partial charge in [0, 0.05) is 19.8 Å². The molecule has 2 N–H and O–H groups in total. The Bertz CT molecular complexity index is 352. The predicted molar refractivity (Wildman–Crippen MR) is 66.0 cm³/mol. The van der Waals surface area contributed by atoms with Crippen LogP contribution in [0.5, 0.6) is 0 Å². The van der Waals surface area contributed by atoms with Crippen LogP contribution in [0, 0.1) is 13.8 Å². The van der Waals surface area contributed by atoms with E-state index in [1.54, 1.807) is 0 Å². The molecule has 0 bridgehead atoms. The molecule has 3 heteroatoms. The molecular weight excluding hydrogens is 258 g/mol. The Kier molecular flexibility index (Phi) is 2.75. The van der Waals surface area contributed by atoms with E-state index in [-0.39, 0.29) is 5.54 Å². The molecule has 0 unspecified atom stereocenters. The second kappa shape index (κ2) is 3.62. The third-order valence-electron chi connectivity index (χ3n) is 3.07. The molecule has 1 aliphatic rings. The van der Waals surface area contributed by atoms with Crippen LogP contribution in [0.3, 0.4) is 0 Å². The first-order valence-electron chi connectivity index (χ1n) is 5.05. The van der Waals surface area contributed by atoms with Crippen molar-refractivity contribution in [2.24, 2.45) is 5.73 Å². The normalized spacial score (nSPS) is 18.6. The summed E-state index contributed by atoms with van der Waals surface area (Å²) in [5, 5.41) is 0. The van der Waals surface area contributed by atoms with E-state index in [1.807, 2.05) is 11.3 Å². The van der Waals surface area contributed by atoms with Gasteiger partial charge in [0.2, 0.25) is 0 Å². The van der Waals surface area contributed by atoms with Gasteiger partial charge < -0.3 is 5.73 Å². The molecule has 0 spiro atoms. The number of halogens is 1. The smallest absolute Gasteiger partial charge is 0.0346 e. The van der Waals surface area contributed by atoms with Crippen molar-refractivity contribution in [3.8, 4) is 0 Å². The Labute approximate surface area is 97.8 Å². The zero-order valence-electron chi connectivity index (χ0n) is 8.69. The molecule has 0 aliphatic heterocycles. The summed E-state index contributed by atoms with van der Waals surface area (Å²) in [7, 11) is 0. The zero-order chi connectivity index (χ0) is 10.3. The lowest BCUT2D eigenvalue weighted by Gasteiger charge is -2.08. The minimum atomic E-state index is 0.182. The van der Waals surface area contributed by atoms with Crippen molar-refractivity contribution in [1.82, 2.24) is 0 Å². The van der Waals surface area contributed by atoms with Gasteiger partial charge in [0.1, 0.15) is 0 Å². The fraction of sp³-hybridized carbons (Fsp3) is 0.636. The summed E-state index contributed by atoms with van der Waals surface area (Å²) in [6.45, 7) is 4.37. The van der Waals surface area contributed by atoms with Crippen LogP contribution in [-0.2, 0) is 6.42 Å². The van der Waals surface area contributed by atoms with Crippen molar-refractivity contribution in [3.63, 3.8) is 0 Å². The molecule has 0 atom stereocenters. The summed E-state index contributed by atoms with van der Waals surface area (Å²) in [5.74, 6) is 0. The molecule has 1 aliphatic carbocycles. The summed E-state index contributed by atoms with van der Waals surface area (Å²) in [5.41, 5.74) is 7.75. The summed E-state index contributed by atoms with van der Waals surface area (Å²) in [4.78, 5) is 2.83. The van der Waals surface area contributed by atoms with Crippen molar-refractivity contribution < 1.29 is 0 Å². The van der Waals surface area contributed by atoms with Gasteiger partial charge >= 0.3 is 0 Å². The van der Waals surface area contributed by atoms with Crippen molar-refractivity contribution >= 4 is 27.3 Å². The minimum absolute atomic E-state index is 0.182. The van der Waals surface area contributed by atoms with Crippen molar-refractivity contribution in [1.29, 1.82) is 0 Å². The highest BCUT2D eigenvalue weighted by Crippen LogP contribution is 2.39. The second-order valence-corrected chi connectivity index (χ2v) is 6.59. The first-order valence-corrected chi connectivity index (χ1v) is 6.66. The highest BCUT2D eigenvalue weighted by Gasteiger charge is 2.37. The number of aryl methyl sites for hydroxylation is 2. The third-order valence-corrected chi connectivity index (χ3v) is 5.47. The summed E-state index contributed by atoms with van der Waals surface area (Å²) >= 11 is 5.54. The number of hydrogen-bond donors (Lipinski definition) is 1. The van der Waals surface area contributed by atoms with Crippen LogP contribution < -0.4 is 5.73 Å². The van der Waals surface area contributed by atoms with Gasteiger partial charge in [-0.2, -0.15) is 0 Å². The van der Waals surface area contributed by atoms with E-state index in [1.165, 1.54) is 32.6 Å². The lowest BCUT2D eigenvalue weighted by molar-refractivity contribution is 0.608. The first kappa shape index (κ1) is 10.7. The summed E-state index contributed by atoms with van der Waals surface area (Å²) in [6, 6.07) is 0. The molecule has 0 aromatic carbocycles. The van der Waals surface area contributed by atoms with Crippen LogP contribution >= 0.6 is 27.3 Å². The van der Waals surface area contributed by atoms with E-state index >= 15 is 0 Å². The van der Waals surface area contributed by atoms with Gasteiger partial charge in [-0.1, -0.05) is 0 Å². The highest BCUT2D eigenvalue weighted by atomic mass is 79.9. The van der Waals surface area contributed by atoms with Crippen molar-refractivity contribution in [3.05, 3.63) is 19.8 Å². The lowest BCUT2D eigenvalue weighted by atomic mass is 10.1. The Balaban J connectivity index is 2.08. The number of rotatable bonds is 3. The van der Waals surface area contributed by atoms with Gasteiger partial charge in [-0.3, -0.25) is 0 Å². The monoisotopic (exact) mass is 273 g/mol. The molecule has 78 valence electrons. The predicted octanol–water partition coefficient (Wildman–Crippen LogP) is 3.55. The first-order chi connectivity index (χ1) is 6.52. The molecule has 0 saturated heterocycles.